The number of hydrogen-bond acceptors (Lipinski definition) is 4. The lowest BCUT2D eigenvalue weighted by atomic mass is 10.6. The lowest BCUT2D eigenvalue weighted by molar-refractivity contribution is -0.0932. The summed E-state index contributed by atoms with van der Waals surface area (Å²) in [5.41, 5.74) is -0.200. The molecule has 0 aromatic rings. The predicted octanol–water partition coefficient (Wildman–Crippen LogP) is 1.14. The van der Waals surface area contributed by atoms with Crippen LogP contribution in [0.4, 0.5) is 0 Å². The van der Waals surface area contributed by atoms with E-state index in [2.05, 4.69) is 33.0 Å². The maximum atomic E-state index is 9.28. The highest BCUT2D eigenvalue weighted by Gasteiger charge is 2.20. The maximum absolute atomic E-state index is 9.28. The van der Waals surface area contributed by atoms with E-state index in [1.807, 2.05) is 0 Å². The molecule has 0 aromatic heterocycles. The van der Waals surface area contributed by atoms with Crippen molar-refractivity contribution in [3.63, 3.8) is 0 Å². The largest absolute Gasteiger partial charge is 0.345 e. The molecule has 0 amide bonds. The van der Waals surface area contributed by atoms with Crippen LogP contribution in [0, 0.1) is 0 Å². The molecule has 0 saturated carbocycles. The molecular weight excluding hydrogens is 226 g/mol. The minimum atomic E-state index is -2.91. The summed E-state index contributed by atoms with van der Waals surface area (Å²) in [4.78, 5) is 17.8. The monoisotopic (exact) mass is 236 g/mol. The first-order valence-corrected chi connectivity index (χ1v) is 8.01. The van der Waals surface area contributed by atoms with Crippen molar-refractivity contribution in [1.29, 1.82) is 0 Å². The molecule has 0 radical (unpaired) electrons. The van der Waals surface area contributed by atoms with Gasteiger partial charge < -0.3 is 9.79 Å². The second-order valence-electron chi connectivity index (χ2n) is 2.08. The summed E-state index contributed by atoms with van der Waals surface area (Å²) in [6, 6.07) is 0. The Balaban J connectivity index is 3.93. The molecule has 0 rings (SSSR count). The standard InChI is InChI=1S/C3H10O4P2S2/c1-3(2)9(5,11)7-6-8(4)10/h3,8H,1-2H3,(H,4,10)(H,5,11). The van der Waals surface area contributed by atoms with Crippen LogP contribution in [-0.4, -0.2) is 15.4 Å². The summed E-state index contributed by atoms with van der Waals surface area (Å²) in [5.74, 6) is 0. The van der Waals surface area contributed by atoms with Crippen LogP contribution in [0.3, 0.4) is 0 Å². The molecule has 2 N–H and O–H groups in total. The molecule has 4 nitrogen and oxygen atoms in total. The Morgan fingerprint density at radius 3 is 2.27 bits per heavy atom. The van der Waals surface area contributed by atoms with Crippen LogP contribution < -0.4 is 0 Å². The summed E-state index contributed by atoms with van der Waals surface area (Å²) in [5, 5.41) is 0. The minimum Gasteiger partial charge on any atom is -0.345 e. The molecule has 68 valence electrons. The van der Waals surface area contributed by atoms with Crippen molar-refractivity contribution in [2.45, 2.75) is 19.5 Å². The first kappa shape index (κ1) is 12.1. The number of hydrogen-bond donors (Lipinski definition) is 2. The van der Waals surface area contributed by atoms with Crippen LogP contribution >= 0.6 is 13.6 Å². The predicted molar refractivity (Wildman–Crippen MR) is 51.7 cm³/mol. The van der Waals surface area contributed by atoms with E-state index in [0.717, 1.165) is 0 Å². The van der Waals surface area contributed by atoms with Gasteiger partial charge in [0.25, 0.3) is 0 Å². The second-order valence-corrected chi connectivity index (χ2v) is 7.71. The number of rotatable bonds is 4. The summed E-state index contributed by atoms with van der Waals surface area (Å²) < 4.78 is 8.66. The first-order valence-electron chi connectivity index (χ1n) is 2.78. The third kappa shape index (κ3) is 5.39. The van der Waals surface area contributed by atoms with Gasteiger partial charge >= 0.3 is 0 Å². The molecule has 0 aliphatic carbocycles. The van der Waals surface area contributed by atoms with Gasteiger partial charge in [-0.05, 0) is 23.6 Å². The highest BCUT2D eigenvalue weighted by molar-refractivity contribution is 8.09. The van der Waals surface area contributed by atoms with Crippen molar-refractivity contribution in [3.05, 3.63) is 0 Å². The van der Waals surface area contributed by atoms with Gasteiger partial charge in [-0.1, -0.05) is 13.8 Å². The van der Waals surface area contributed by atoms with Crippen LogP contribution in [-0.2, 0) is 33.0 Å². The molecule has 2 unspecified atom stereocenters. The van der Waals surface area contributed by atoms with Crippen LogP contribution in [0.1, 0.15) is 13.8 Å². The molecule has 0 heterocycles. The zero-order chi connectivity index (χ0) is 9.07. The second kappa shape index (κ2) is 5.00. The van der Waals surface area contributed by atoms with Gasteiger partial charge in [-0.15, -0.1) is 0 Å². The van der Waals surface area contributed by atoms with E-state index in [-0.39, 0.29) is 5.66 Å². The molecule has 0 aliphatic rings. The van der Waals surface area contributed by atoms with E-state index in [0.29, 0.717) is 0 Å². The van der Waals surface area contributed by atoms with Crippen molar-refractivity contribution in [2.75, 3.05) is 0 Å². The summed E-state index contributed by atoms with van der Waals surface area (Å²) in [7, 11) is -2.34. The van der Waals surface area contributed by atoms with Gasteiger partial charge in [0.2, 0.25) is 13.6 Å². The van der Waals surface area contributed by atoms with Gasteiger partial charge in [0.15, 0.2) is 0 Å². The molecular formula is C3H10O4P2S2. The van der Waals surface area contributed by atoms with Gasteiger partial charge in [-0.3, -0.25) is 0 Å². The summed E-state index contributed by atoms with van der Waals surface area (Å²) in [6.07, 6.45) is 0. The molecule has 0 spiro atoms. The summed E-state index contributed by atoms with van der Waals surface area (Å²) >= 11 is 8.97. The van der Waals surface area contributed by atoms with Crippen molar-refractivity contribution in [3.8, 4) is 0 Å². The van der Waals surface area contributed by atoms with Gasteiger partial charge in [0.1, 0.15) is 0 Å². The summed E-state index contributed by atoms with van der Waals surface area (Å²) in [6.45, 7) is 0.503. The van der Waals surface area contributed by atoms with Crippen LogP contribution in [0.25, 0.3) is 0 Å². The molecule has 0 fully saturated rings. The fraction of sp³-hybridized carbons (Fsp3) is 1.00. The molecule has 0 aliphatic heterocycles. The molecule has 0 aromatic carbocycles. The van der Waals surface area contributed by atoms with E-state index < -0.39 is 13.6 Å². The smallest absolute Gasteiger partial charge is 0.223 e. The fourth-order valence-corrected chi connectivity index (χ4v) is 1.57. The Morgan fingerprint density at radius 2 is 2.00 bits per heavy atom. The SMILES string of the molecule is CC(C)P(O)(=S)OO[PH](O)=S. The Labute approximate surface area is 76.2 Å². The lowest BCUT2D eigenvalue weighted by Gasteiger charge is -2.16. The van der Waals surface area contributed by atoms with E-state index in [1.54, 1.807) is 13.8 Å². The van der Waals surface area contributed by atoms with Crippen LogP contribution in [0.2, 0.25) is 0 Å². The molecule has 2 atom stereocenters. The highest BCUT2D eigenvalue weighted by Crippen LogP contribution is 2.49. The Bertz CT molecular complexity index is 194. The third-order valence-corrected chi connectivity index (χ3v) is 4.48. The average Bonchev–Trinajstić information content (AvgIpc) is 1.84. The first-order chi connectivity index (χ1) is 4.86. The maximum Gasteiger partial charge on any atom is 0.223 e. The lowest BCUT2D eigenvalue weighted by Crippen LogP contribution is -1.99. The van der Waals surface area contributed by atoms with Gasteiger partial charge in [-0.25, -0.2) is 0 Å². The Hall–Kier alpha value is 1.14. The van der Waals surface area contributed by atoms with Crippen molar-refractivity contribution in [1.82, 2.24) is 0 Å². The van der Waals surface area contributed by atoms with Crippen LogP contribution in [0.15, 0.2) is 0 Å². The van der Waals surface area contributed by atoms with Gasteiger partial charge in [0, 0.05) is 5.66 Å². The van der Waals surface area contributed by atoms with E-state index in [1.165, 1.54) is 0 Å². The van der Waals surface area contributed by atoms with Crippen LogP contribution in [0.5, 0.6) is 0 Å². The van der Waals surface area contributed by atoms with Gasteiger partial charge in [0.05, 0.1) is 0 Å². The Kier molecular flexibility index (Phi) is 5.51. The normalized spacial score (nSPS) is 19.7. The molecule has 11 heavy (non-hydrogen) atoms. The zero-order valence-corrected chi connectivity index (χ0v) is 9.58. The third-order valence-electron chi connectivity index (χ3n) is 0.868. The quantitative estimate of drug-likeness (QED) is 0.433. The average molecular weight is 236 g/mol. The Morgan fingerprint density at radius 1 is 1.55 bits per heavy atom. The highest BCUT2D eigenvalue weighted by atomic mass is 32.5. The van der Waals surface area contributed by atoms with E-state index >= 15 is 0 Å². The van der Waals surface area contributed by atoms with Crippen molar-refractivity contribution in [2.24, 2.45) is 0 Å². The van der Waals surface area contributed by atoms with Gasteiger partial charge in [-0.2, -0.15) is 9.35 Å². The van der Waals surface area contributed by atoms with E-state index in [9.17, 15) is 4.89 Å². The minimum absolute atomic E-state index is 0.200. The fourth-order valence-electron chi connectivity index (χ4n) is 0.171. The van der Waals surface area contributed by atoms with Crippen molar-refractivity contribution >= 4 is 37.3 Å². The topological polar surface area (TPSA) is 58.9 Å². The molecule has 0 bridgehead atoms. The van der Waals surface area contributed by atoms with Crippen molar-refractivity contribution < 1.29 is 19.1 Å². The molecule has 8 heteroatoms. The molecule has 0 saturated heterocycles. The van der Waals surface area contributed by atoms with E-state index in [4.69, 9.17) is 4.89 Å². The zero-order valence-electron chi connectivity index (χ0n) is 6.05.